The van der Waals surface area contributed by atoms with Crippen LogP contribution in [0.2, 0.25) is 0 Å². The summed E-state index contributed by atoms with van der Waals surface area (Å²) < 4.78 is 0.843. The van der Waals surface area contributed by atoms with E-state index in [9.17, 15) is 19.2 Å². The summed E-state index contributed by atoms with van der Waals surface area (Å²) in [6.45, 7) is 6.13. The Hall–Kier alpha value is -1.56. The molecule has 1 heterocycles. The molecular weight excluding hydrogens is 559 g/mol. The molecule has 4 atom stereocenters. The molecule has 6 nitrogen and oxygen atoms in total. The number of Topliss-reactive ketones (excluding diaryl/α,β-unsaturated/α-hetero) is 1. The van der Waals surface area contributed by atoms with Crippen molar-refractivity contribution in [3.05, 3.63) is 29.3 Å². The SMILES string of the molecule is CC1CC(=O)N(OC(=O)c2ccc(CC(=O)CC3CCC(C)C3C)c[c]2[Hg])C1=O. The molecular formula is C22H26HgNO5. The Morgan fingerprint density at radius 1 is 1.17 bits per heavy atom. The predicted octanol–water partition coefficient (Wildman–Crippen LogP) is 2.51. The van der Waals surface area contributed by atoms with Crippen LogP contribution in [0.4, 0.5) is 0 Å². The average molecular weight is 585 g/mol. The first-order chi connectivity index (χ1) is 13.7. The molecule has 1 saturated heterocycles. The molecule has 3 rings (SSSR count). The van der Waals surface area contributed by atoms with Gasteiger partial charge in [-0.25, -0.2) is 0 Å². The fourth-order valence-corrected chi connectivity index (χ4v) is 6.33. The maximum absolute atomic E-state index is 12.5. The number of hydrogen-bond acceptors (Lipinski definition) is 5. The Labute approximate surface area is 187 Å². The quantitative estimate of drug-likeness (QED) is 0.379. The molecule has 0 spiro atoms. The van der Waals surface area contributed by atoms with E-state index < -0.39 is 23.7 Å². The fourth-order valence-electron chi connectivity index (χ4n) is 4.29. The minimum atomic E-state index is -0.697. The van der Waals surface area contributed by atoms with Crippen LogP contribution in [0.5, 0.6) is 0 Å². The predicted molar refractivity (Wildman–Crippen MR) is 102 cm³/mol. The molecule has 2 fully saturated rings. The van der Waals surface area contributed by atoms with Gasteiger partial charge in [0.25, 0.3) is 0 Å². The molecule has 1 saturated carbocycles. The van der Waals surface area contributed by atoms with Crippen molar-refractivity contribution in [2.75, 3.05) is 0 Å². The van der Waals surface area contributed by atoms with Gasteiger partial charge in [-0.3, -0.25) is 0 Å². The molecule has 2 amide bonds. The molecule has 1 aliphatic carbocycles. The first kappa shape index (κ1) is 22.1. The zero-order valence-corrected chi connectivity index (χ0v) is 22.8. The van der Waals surface area contributed by atoms with Crippen LogP contribution in [0.3, 0.4) is 0 Å². The van der Waals surface area contributed by atoms with E-state index in [1.54, 1.807) is 19.1 Å². The van der Waals surface area contributed by atoms with Crippen molar-refractivity contribution >= 4 is 26.6 Å². The second kappa shape index (κ2) is 9.06. The summed E-state index contributed by atoms with van der Waals surface area (Å²) >= 11 is 0.110. The summed E-state index contributed by atoms with van der Waals surface area (Å²) in [6, 6.07) is 5.29. The van der Waals surface area contributed by atoms with Gasteiger partial charge in [-0.2, -0.15) is 0 Å². The van der Waals surface area contributed by atoms with E-state index in [-0.39, 0.29) is 38.3 Å². The van der Waals surface area contributed by atoms with Gasteiger partial charge in [-0.15, -0.1) is 0 Å². The summed E-state index contributed by atoms with van der Waals surface area (Å²) in [6.07, 6.45) is 3.37. The Bertz CT molecular complexity index is 852. The number of amides is 2. The van der Waals surface area contributed by atoms with E-state index >= 15 is 0 Å². The van der Waals surface area contributed by atoms with E-state index in [2.05, 4.69) is 13.8 Å². The number of hydrogen-bond donors (Lipinski definition) is 0. The molecule has 4 unspecified atom stereocenters. The summed E-state index contributed by atoms with van der Waals surface area (Å²) in [5.41, 5.74) is 1.26. The monoisotopic (exact) mass is 586 g/mol. The molecule has 1 aliphatic heterocycles. The van der Waals surface area contributed by atoms with Crippen LogP contribution in [0.15, 0.2) is 18.2 Å². The molecule has 0 radical (unpaired) electrons. The second-order valence-electron chi connectivity index (χ2n) is 8.60. The standard InChI is InChI=1S/C22H26NO5.Hg/c1-13-4-7-18(15(13)3)12-19(24)11-16-5-8-17(9-6-16)22(27)28-23-20(25)10-14(2)21(23)26;/h5-6,8,13-15,18H,4,7,10-12H2,1-3H3;. The van der Waals surface area contributed by atoms with Crippen LogP contribution in [0, 0.1) is 23.7 Å². The summed E-state index contributed by atoms with van der Waals surface area (Å²) in [5.74, 6) is -0.150. The van der Waals surface area contributed by atoms with Crippen LogP contribution in [-0.4, -0.2) is 28.6 Å². The van der Waals surface area contributed by atoms with E-state index in [1.165, 1.54) is 6.42 Å². The molecule has 1 aromatic carbocycles. The first-order valence-electron chi connectivity index (χ1n) is 10.2. The Morgan fingerprint density at radius 3 is 2.45 bits per heavy atom. The van der Waals surface area contributed by atoms with Crippen LogP contribution in [-0.2, 0) is 51.8 Å². The number of ketones is 1. The molecule has 0 N–H and O–H groups in total. The summed E-state index contributed by atoms with van der Waals surface area (Å²) in [7, 11) is 0. The zero-order valence-electron chi connectivity index (χ0n) is 17.3. The van der Waals surface area contributed by atoms with Gasteiger partial charge in [0.15, 0.2) is 0 Å². The average Bonchev–Trinajstić information content (AvgIpc) is 3.08. The van der Waals surface area contributed by atoms with Crippen molar-refractivity contribution in [2.24, 2.45) is 23.7 Å². The minimum absolute atomic E-state index is 0.0583. The number of imide groups is 1. The first-order valence-corrected chi connectivity index (χ1v) is 13.0. The zero-order chi connectivity index (χ0) is 21.3. The van der Waals surface area contributed by atoms with Gasteiger partial charge >= 0.3 is 188 Å². The topological polar surface area (TPSA) is 80.8 Å². The number of rotatable bonds is 6. The van der Waals surface area contributed by atoms with Crippen LogP contribution in [0.1, 0.15) is 62.4 Å². The molecule has 151 valence electrons. The van der Waals surface area contributed by atoms with Gasteiger partial charge < -0.3 is 0 Å². The van der Waals surface area contributed by atoms with Crippen molar-refractivity contribution < 1.29 is 50.1 Å². The number of carbonyl (C=O) groups excluding carboxylic acids is 4. The third kappa shape index (κ3) is 4.96. The molecule has 0 bridgehead atoms. The van der Waals surface area contributed by atoms with E-state index in [0.717, 1.165) is 15.1 Å². The Balaban J connectivity index is 1.61. The van der Waals surface area contributed by atoms with Crippen LogP contribution in [0.25, 0.3) is 0 Å². The van der Waals surface area contributed by atoms with E-state index in [4.69, 9.17) is 4.84 Å². The van der Waals surface area contributed by atoms with E-state index in [0.29, 0.717) is 41.2 Å². The summed E-state index contributed by atoms with van der Waals surface area (Å²) in [5, 5.41) is 0.585. The van der Waals surface area contributed by atoms with Crippen molar-refractivity contribution in [3.63, 3.8) is 0 Å². The van der Waals surface area contributed by atoms with Crippen LogP contribution < -0.4 is 3.07 Å². The third-order valence-electron chi connectivity index (χ3n) is 6.42. The normalized spacial score (nSPS) is 26.9. The number of hydroxylamine groups is 2. The van der Waals surface area contributed by atoms with Gasteiger partial charge in [0, 0.05) is 0 Å². The Kier molecular flexibility index (Phi) is 6.92. The van der Waals surface area contributed by atoms with E-state index in [1.807, 2.05) is 6.07 Å². The number of benzene rings is 1. The number of carbonyl (C=O) groups is 4. The molecule has 1 aromatic rings. The fraction of sp³-hybridized carbons (Fsp3) is 0.545. The maximum atomic E-state index is 12.5. The van der Waals surface area contributed by atoms with Gasteiger partial charge in [-0.05, 0) is 0 Å². The van der Waals surface area contributed by atoms with Crippen LogP contribution >= 0.6 is 0 Å². The van der Waals surface area contributed by atoms with Crippen molar-refractivity contribution in [2.45, 2.75) is 52.9 Å². The van der Waals surface area contributed by atoms with Gasteiger partial charge in [-0.1, -0.05) is 0 Å². The molecule has 7 heteroatoms. The Morgan fingerprint density at radius 2 is 1.90 bits per heavy atom. The number of nitrogens with zero attached hydrogens (tertiary/aromatic N) is 1. The third-order valence-corrected chi connectivity index (χ3v) is 8.69. The van der Waals surface area contributed by atoms with Crippen molar-refractivity contribution in [1.82, 2.24) is 5.06 Å². The summed E-state index contributed by atoms with van der Waals surface area (Å²) in [4.78, 5) is 53.8. The van der Waals surface area contributed by atoms with Gasteiger partial charge in [0.05, 0.1) is 0 Å². The van der Waals surface area contributed by atoms with Gasteiger partial charge in [0.2, 0.25) is 0 Å². The van der Waals surface area contributed by atoms with Crippen molar-refractivity contribution in [1.29, 1.82) is 0 Å². The molecule has 0 aromatic heterocycles. The van der Waals surface area contributed by atoms with Crippen molar-refractivity contribution in [3.8, 4) is 0 Å². The molecule has 29 heavy (non-hydrogen) atoms. The molecule has 2 aliphatic rings. The second-order valence-corrected chi connectivity index (χ2v) is 11.6. The van der Waals surface area contributed by atoms with Gasteiger partial charge in [0.1, 0.15) is 0 Å².